The summed E-state index contributed by atoms with van der Waals surface area (Å²) in [6.45, 7) is 4.34. The molecule has 0 spiro atoms. The van der Waals surface area contributed by atoms with Gasteiger partial charge in [0.25, 0.3) is 0 Å². The second-order valence-electron chi connectivity index (χ2n) is 20.5. The Kier molecular flexibility index (Phi) is 57.8. The zero-order chi connectivity index (χ0) is 58.3. The van der Waals surface area contributed by atoms with E-state index < -0.39 is 57.8 Å². The third kappa shape index (κ3) is 58.5. The Bertz CT molecular complexity index is 1800. The lowest BCUT2D eigenvalue weighted by atomic mass is 10.1. The third-order valence-electron chi connectivity index (χ3n) is 12.8. The van der Waals surface area contributed by atoms with Crippen molar-refractivity contribution in [3.05, 3.63) is 122 Å². The van der Waals surface area contributed by atoms with Gasteiger partial charge in [0.2, 0.25) is 0 Å². The van der Waals surface area contributed by atoms with Gasteiger partial charge in [0, 0.05) is 19.3 Å². The van der Waals surface area contributed by atoms with Gasteiger partial charge in [-0.15, -0.1) is 0 Å². The molecule has 0 radical (unpaired) electrons. The SMILES string of the molecule is CC/C=C\C/C=C\C/C=C\C/C=C\C/C=C\CCCCCC(=O)OC(COC(=O)CCCC/C=C\C/C=C\C/C=C\C/C=C\CC)COP(=O)(O)OCC(CO)OC(=O)CCCCCCCCCCC/C=C\CCCCCCCC. The highest BCUT2D eigenvalue weighted by Crippen LogP contribution is 2.43. The Hall–Kier alpha value is -4.12. The molecule has 0 aliphatic rings. The highest BCUT2D eigenvalue weighted by Gasteiger charge is 2.28. The number of carbonyl (C=O) groups excluding carboxylic acids is 3. The van der Waals surface area contributed by atoms with E-state index in [1.165, 1.54) is 83.5 Å². The van der Waals surface area contributed by atoms with Crippen molar-refractivity contribution in [2.24, 2.45) is 0 Å². The number of hydrogen-bond acceptors (Lipinski definition) is 10. The van der Waals surface area contributed by atoms with Gasteiger partial charge < -0.3 is 24.2 Å². The monoisotopic (exact) mass is 1140 g/mol. The summed E-state index contributed by atoms with van der Waals surface area (Å²) >= 11 is 0. The summed E-state index contributed by atoms with van der Waals surface area (Å²) in [5, 5.41) is 9.86. The third-order valence-corrected chi connectivity index (χ3v) is 13.8. The summed E-state index contributed by atoms with van der Waals surface area (Å²) in [7, 11) is -4.78. The van der Waals surface area contributed by atoms with Gasteiger partial charge in [0.1, 0.15) is 12.7 Å². The van der Waals surface area contributed by atoms with Crippen molar-refractivity contribution >= 4 is 25.7 Å². The number of ether oxygens (including phenoxy) is 3. The van der Waals surface area contributed by atoms with Gasteiger partial charge in [0.15, 0.2) is 6.10 Å². The minimum Gasteiger partial charge on any atom is -0.462 e. The summed E-state index contributed by atoms with van der Waals surface area (Å²) in [6, 6.07) is 0. The number of unbranched alkanes of at least 4 members (excludes halogenated alkanes) is 20. The first-order valence-electron chi connectivity index (χ1n) is 31.4. The van der Waals surface area contributed by atoms with Crippen LogP contribution in [0.2, 0.25) is 0 Å². The number of phosphoric ester groups is 1. The predicted octanol–water partition coefficient (Wildman–Crippen LogP) is 19.1. The molecule has 0 aliphatic heterocycles. The number of carbonyl (C=O) groups is 3. The minimum atomic E-state index is -4.78. The van der Waals surface area contributed by atoms with Crippen molar-refractivity contribution in [1.29, 1.82) is 0 Å². The lowest BCUT2D eigenvalue weighted by molar-refractivity contribution is -0.161. The van der Waals surface area contributed by atoms with Crippen LogP contribution in [-0.2, 0) is 42.2 Å². The molecule has 80 heavy (non-hydrogen) atoms. The Morgan fingerprint density at radius 3 is 1.05 bits per heavy atom. The van der Waals surface area contributed by atoms with E-state index in [1.54, 1.807) is 0 Å². The quantitative estimate of drug-likeness (QED) is 0.0197. The minimum absolute atomic E-state index is 0.113. The van der Waals surface area contributed by atoms with Gasteiger partial charge in [-0.05, 0) is 128 Å². The van der Waals surface area contributed by atoms with Gasteiger partial charge in [-0.2, -0.15) is 0 Å². The van der Waals surface area contributed by atoms with Gasteiger partial charge >= 0.3 is 25.7 Å². The van der Waals surface area contributed by atoms with Crippen LogP contribution in [0.3, 0.4) is 0 Å². The number of phosphoric acid groups is 1. The average Bonchev–Trinajstić information content (AvgIpc) is 3.45. The zero-order valence-corrected chi connectivity index (χ0v) is 51.4. The molecular weight excluding hydrogens is 1020 g/mol. The second kappa shape index (κ2) is 61.0. The van der Waals surface area contributed by atoms with E-state index in [9.17, 15) is 28.9 Å². The molecule has 0 aromatic rings. The Morgan fingerprint density at radius 2 is 0.650 bits per heavy atom. The van der Waals surface area contributed by atoms with E-state index in [2.05, 4.69) is 142 Å². The molecule has 0 saturated carbocycles. The van der Waals surface area contributed by atoms with E-state index in [0.29, 0.717) is 19.3 Å². The summed E-state index contributed by atoms with van der Waals surface area (Å²) in [5.41, 5.74) is 0. The van der Waals surface area contributed by atoms with Crippen molar-refractivity contribution in [3.8, 4) is 0 Å². The molecule has 0 bridgehead atoms. The van der Waals surface area contributed by atoms with Crippen LogP contribution >= 0.6 is 7.82 Å². The molecule has 0 heterocycles. The standard InChI is InChI=1S/C68H113O11P/c1-4-7-10-13-16-19-22-25-28-30-32-34-37-40-43-46-49-52-55-58-67(71)78-64(60-69)62-76-80(73,74)77-63-65(61-75-66(70)57-54-51-48-45-42-39-36-27-24-21-18-15-12-9-6-3)79-68(72)59-56-53-50-47-44-41-38-35-33-31-29-26-23-20-17-14-11-8-5-2/h8-9,11-12,17-18,20-21,25-29,33,35-36,41-42,44-45,64-65,69H,4-7,10,13-16,19,22-24,30-32,34,37-40,43,46-63H2,1-3H3,(H,73,74)/b11-8-,12-9-,20-17-,21-18-,28-25-,29-26-,35-33-,36-27-,44-41-,45-42-. The van der Waals surface area contributed by atoms with Crippen LogP contribution in [0.15, 0.2) is 122 Å². The fraction of sp³-hybridized carbons (Fsp3) is 0.662. The van der Waals surface area contributed by atoms with Crippen LogP contribution in [0.5, 0.6) is 0 Å². The fourth-order valence-corrected chi connectivity index (χ4v) is 8.92. The van der Waals surface area contributed by atoms with Crippen LogP contribution in [-0.4, -0.2) is 66.5 Å². The van der Waals surface area contributed by atoms with E-state index in [1.807, 2.05) is 0 Å². The molecule has 2 N–H and O–H groups in total. The number of aliphatic hydroxyl groups is 1. The van der Waals surface area contributed by atoms with E-state index in [-0.39, 0.29) is 25.9 Å². The molecule has 0 rings (SSSR count). The van der Waals surface area contributed by atoms with Gasteiger partial charge in [-0.1, -0.05) is 226 Å². The number of allylic oxidation sites excluding steroid dienone is 20. The predicted molar refractivity (Wildman–Crippen MR) is 334 cm³/mol. The molecule has 0 amide bonds. The summed E-state index contributed by atoms with van der Waals surface area (Å²) in [6.07, 6.45) is 75.9. The molecule has 0 fully saturated rings. The van der Waals surface area contributed by atoms with Crippen molar-refractivity contribution in [2.45, 2.75) is 264 Å². The largest absolute Gasteiger partial charge is 0.472 e. The summed E-state index contributed by atoms with van der Waals surface area (Å²) in [5.74, 6) is -1.56. The molecule has 3 atom stereocenters. The number of hydrogen-bond donors (Lipinski definition) is 2. The second-order valence-corrected chi connectivity index (χ2v) is 21.9. The molecule has 456 valence electrons. The maximum Gasteiger partial charge on any atom is 0.472 e. The number of esters is 3. The zero-order valence-electron chi connectivity index (χ0n) is 50.5. The van der Waals surface area contributed by atoms with E-state index in [4.69, 9.17) is 23.3 Å². The Morgan fingerprint density at radius 1 is 0.362 bits per heavy atom. The van der Waals surface area contributed by atoms with Crippen LogP contribution in [0.4, 0.5) is 0 Å². The fourth-order valence-electron chi connectivity index (χ4n) is 8.13. The topological polar surface area (TPSA) is 155 Å². The number of rotatable bonds is 57. The van der Waals surface area contributed by atoms with Crippen LogP contribution < -0.4 is 0 Å². The highest BCUT2D eigenvalue weighted by atomic mass is 31.2. The lowest BCUT2D eigenvalue weighted by Crippen LogP contribution is -2.30. The average molecular weight is 1140 g/mol. The molecule has 0 saturated heterocycles. The number of aliphatic hydroxyl groups excluding tert-OH is 1. The van der Waals surface area contributed by atoms with Gasteiger partial charge in [-0.3, -0.25) is 23.4 Å². The lowest BCUT2D eigenvalue weighted by Gasteiger charge is -2.21. The molecule has 0 aliphatic carbocycles. The first kappa shape index (κ1) is 75.9. The summed E-state index contributed by atoms with van der Waals surface area (Å²) < 4.78 is 39.6. The van der Waals surface area contributed by atoms with Crippen molar-refractivity contribution in [1.82, 2.24) is 0 Å². The first-order chi connectivity index (χ1) is 39.2. The van der Waals surface area contributed by atoms with Crippen LogP contribution in [0, 0.1) is 0 Å². The maximum absolute atomic E-state index is 12.9. The Balaban J connectivity index is 4.78. The molecule has 0 aromatic carbocycles. The van der Waals surface area contributed by atoms with Gasteiger partial charge in [0.05, 0.1) is 19.8 Å². The highest BCUT2D eigenvalue weighted by molar-refractivity contribution is 7.47. The molecule has 11 nitrogen and oxygen atoms in total. The van der Waals surface area contributed by atoms with Crippen LogP contribution in [0.1, 0.15) is 252 Å². The molecular formula is C68H113O11P. The maximum atomic E-state index is 12.9. The Labute approximate surface area is 487 Å². The molecule has 0 aromatic heterocycles. The van der Waals surface area contributed by atoms with E-state index >= 15 is 0 Å². The van der Waals surface area contributed by atoms with Crippen LogP contribution in [0.25, 0.3) is 0 Å². The molecule has 12 heteroatoms. The van der Waals surface area contributed by atoms with Gasteiger partial charge in [-0.25, -0.2) is 4.57 Å². The van der Waals surface area contributed by atoms with E-state index in [0.717, 1.165) is 109 Å². The normalized spacial score (nSPS) is 14.1. The summed E-state index contributed by atoms with van der Waals surface area (Å²) in [4.78, 5) is 48.7. The first-order valence-corrected chi connectivity index (χ1v) is 32.9. The smallest absolute Gasteiger partial charge is 0.462 e. The van der Waals surface area contributed by atoms with Crippen molar-refractivity contribution < 1.29 is 52.2 Å². The van der Waals surface area contributed by atoms with Crippen molar-refractivity contribution in [3.63, 3.8) is 0 Å². The molecule has 3 unspecified atom stereocenters. The van der Waals surface area contributed by atoms with Crippen molar-refractivity contribution in [2.75, 3.05) is 26.4 Å².